The molecule has 1 aliphatic rings. The topological polar surface area (TPSA) is 3.24 Å². The Labute approximate surface area is 132 Å². The molecule has 0 N–H and O–H groups in total. The Kier molecular flexibility index (Phi) is 4.95. The largest absolute Gasteiger partial charge is 0.295 e. The van der Waals surface area contributed by atoms with Crippen molar-refractivity contribution in [1.82, 2.24) is 4.90 Å². The van der Waals surface area contributed by atoms with E-state index in [1.807, 2.05) is 0 Å². The number of aryl methyl sites for hydroxylation is 2. The van der Waals surface area contributed by atoms with Crippen LogP contribution in [0.25, 0.3) is 0 Å². The van der Waals surface area contributed by atoms with Crippen LogP contribution >= 0.6 is 11.6 Å². The highest BCUT2D eigenvalue weighted by molar-refractivity contribution is 6.17. The van der Waals surface area contributed by atoms with E-state index in [4.69, 9.17) is 11.6 Å². The quantitative estimate of drug-likeness (QED) is 0.759. The summed E-state index contributed by atoms with van der Waals surface area (Å²) in [6, 6.07) is 17.7. The fourth-order valence-electron chi connectivity index (χ4n) is 3.16. The molecule has 0 atom stereocenters. The van der Waals surface area contributed by atoms with Gasteiger partial charge in [-0.3, -0.25) is 4.90 Å². The monoisotopic (exact) mass is 299 g/mol. The molecule has 2 aromatic rings. The zero-order chi connectivity index (χ0) is 14.5. The van der Waals surface area contributed by atoms with Gasteiger partial charge in [0.25, 0.3) is 0 Å². The molecule has 110 valence electrons. The van der Waals surface area contributed by atoms with Crippen LogP contribution in [0.4, 0.5) is 0 Å². The second-order valence-corrected chi connectivity index (χ2v) is 6.17. The molecule has 0 bridgehead atoms. The first-order valence-electron chi connectivity index (χ1n) is 7.78. The molecular formula is C19H22ClN. The lowest BCUT2D eigenvalue weighted by Crippen LogP contribution is -2.24. The Morgan fingerprint density at radius 3 is 1.71 bits per heavy atom. The van der Waals surface area contributed by atoms with Crippen LogP contribution in [0.3, 0.4) is 0 Å². The Morgan fingerprint density at radius 1 is 0.762 bits per heavy atom. The van der Waals surface area contributed by atoms with E-state index in [0.717, 1.165) is 44.8 Å². The molecule has 0 aromatic heterocycles. The molecule has 1 nitrogen and oxygen atoms in total. The van der Waals surface area contributed by atoms with Crippen molar-refractivity contribution in [3.8, 4) is 0 Å². The van der Waals surface area contributed by atoms with E-state index < -0.39 is 0 Å². The van der Waals surface area contributed by atoms with Crippen molar-refractivity contribution >= 4 is 11.6 Å². The first-order valence-corrected chi connectivity index (χ1v) is 8.32. The van der Waals surface area contributed by atoms with Gasteiger partial charge in [-0.15, -0.1) is 11.6 Å². The average molecular weight is 300 g/mol. The van der Waals surface area contributed by atoms with Crippen molar-refractivity contribution in [1.29, 1.82) is 0 Å². The highest BCUT2D eigenvalue weighted by Gasteiger charge is 2.14. The minimum Gasteiger partial charge on any atom is -0.295 e. The van der Waals surface area contributed by atoms with Crippen molar-refractivity contribution in [2.24, 2.45) is 0 Å². The van der Waals surface area contributed by atoms with Crippen molar-refractivity contribution < 1.29 is 0 Å². The van der Waals surface area contributed by atoms with Crippen LogP contribution in [0.2, 0.25) is 0 Å². The molecule has 0 spiro atoms. The van der Waals surface area contributed by atoms with E-state index in [1.165, 1.54) is 22.3 Å². The van der Waals surface area contributed by atoms with Crippen molar-refractivity contribution in [2.75, 3.05) is 12.4 Å². The summed E-state index contributed by atoms with van der Waals surface area (Å²) in [6.07, 6.45) is 3.32. The number of benzene rings is 2. The van der Waals surface area contributed by atoms with Gasteiger partial charge in [-0.05, 0) is 48.1 Å². The van der Waals surface area contributed by atoms with Crippen LogP contribution in [-0.2, 0) is 25.9 Å². The van der Waals surface area contributed by atoms with Crippen LogP contribution in [0.15, 0.2) is 48.5 Å². The molecule has 0 unspecified atom stereocenters. The zero-order valence-electron chi connectivity index (χ0n) is 12.4. The van der Waals surface area contributed by atoms with Crippen molar-refractivity contribution in [3.63, 3.8) is 0 Å². The molecule has 0 fully saturated rings. The van der Waals surface area contributed by atoms with Gasteiger partial charge in [0.2, 0.25) is 0 Å². The molecule has 0 amide bonds. The van der Waals surface area contributed by atoms with E-state index in [-0.39, 0.29) is 0 Å². The third-order valence-corrected chi connectivity index (χ3v) is 4.56. The Hall–Kier alpha value is -1.31. The van der Waals surface area contributed by atoms with Gasteiger partial charge in [-0.25, -0.2) is 0 Å². The van der Waals surface area contributed by atoms with Gasteiger partial charge in [-0.2, -0.15) is 0 Å². The minimum atomic E-state index is 0.736. The summed E-state index contributed by atoms with van der Waals surface area (Å²) >= 11 is 5.90. The van der Waals surface area contributed by atoms with Crippen LogP contribution in [0.1, 0.15) is 28.7 Å². The third-order valence-electron chi connectivity index (χ3n) is 4.30. The van der Waals surface area contributed by atoms with Gasteiger partial charge in [-0.1, -0.05) is 48.5 Å². The predicted molar refractivity (Wildman–Crippen MR) is 89.7 cm³/mol. The van der Waals surface area contributed by atoms with Gasteiger partial charge in [0.15, 0.2) is 0 Å². The molecule has 2 aromatic carbocycles. The smallest absolute Gasteiger partial charge is 0.0240 e. The first-order chi connectivity index (χ1) is 10.4. The molecule has 0 radical (unpaired) electrons. The molecule has 1 heterocycles. The number of hydrogen-bond acceptors (Lipinski definition) is 1. The van der Waals surface area contributed by atoms with E-state index in [0.29, 0.717) is 0 Å². The van der Waals surface area contributed by atoms with Crippen LogP contribution in [0, 0.1) is 0 Å². The standard InChI is InChI=1S/C19H22ClN/c20-12-5-13-21-14-18-8-3-1-6-16(18)10-11-17-7-2-4-9-19(17)15-21/h1-4,6-9H,5,10-15H2. The van der Waals surface area contributed by atoms with Crippen molar-refractivity contribution in [3.05, 3.63) is 70.8 Å². The molecule has 21 heavy (non-hydrogen) atoms. The maximum absolute atomic E-state index is 5.90. The van der Waals surface area contributed by atoms with Crippen molar-refractivity contribution in [2.45, 2.75) is 32.4 Å². The number of nitrogens with zero attached hydrogens (tertiary/aromatic N) is 1. The lowest BCUT2D eigenvalue weighted by Gasteiger charge is -2.23. The summed E-state index contributed by atoms with van der Waals surface area (Å²) in [4.78, 5) is 2.53. The highest BCUT2D eigenvalue weighted by Crippen LogP contribution is 2.22. The second kappa shape index (κ2) is 7.11. The maximum Gasteiger partial charge on any atom is 0.0240 e. The first kappa shape index (κ1) is 14.6. The summed E-state index contributed by atoms with van der Waals surface area (Å²) < 4.78 is 0. The Bertz CT molecular complexity index is 544. The molecule has 2 heteroatoms. The van der Waals surface area contributed by atoms with E-state index >= 15 is 0 Å². The zero-order valence-corrected chi connectivity index (χ0v) is 13.1. The highest BCUT2D eigenvalue weighted by atomic mass is 35.5. The van der Waals surface area contributed by atoms with Crippen LogP contribution < -0.4 is 0 Å². The van der Waals surface area contributed by atoms with Crippen LogP contribution in [0.5, 0.6) is 0 Å². The number of rotatable bonds is 3. The van der Waals surface area contributed by atoms with E-state index in [1.54, 1.807) is 0 Å². The third kappa shape index (κ3) is 3.66. The second-order valence-electron chi connectivity index (χ2n) is 5.79. The van der Waals surface area contributed by atoms with Gasteiger partial charge in [0.05, 0.1) is 0 Å². The predicted octanol–water partition coefficient (Wildman–Crippen LogP) is 4.42. The van der Waals surface area contributed by atoms with Gasteiger partial charge >= 0.3 is 0 Å². The molecule has 0 saturated heterocycles. The number of hydrogen-bond donors (Lipinski definition) is 0. The summed E-state index contributed by atoms with van der Waals surface area (Å²) in [7, 11) is 0. The SMILES string of the molecule is ClCCCN1Cc2ccccc2CCc2ccccc2C1. The molecule has 0 saturated carbocycles. The maximum atomic E-state index is 5.90. The molecule has 1 aliphatic heterocycles. The van der Waals surface area contributed by atoms with Gasteiger partial charge < -0.3 is 0 Å². The number of fused-ring (bicyclic) bond motifs is 2. The Balaban J connectivity index is 1.92. The van der Waals surface area contributed by atoms with Gasteiger partial charge in [0, 0.05) is 19.0 Å². The fraction of sp³-hybridized carbons (Fsp3) is 0.368. The lowest BCUT2D eigenvalue weighted by atomic mass is 9.98. The summed E-state index contributed by atoms with van der Waals surface area (Å²) in [6.45, 7) is 3.12. The molecule has 3 rings (SSSR count). The van der Waals surface area contributed by atoms with Crippen LogP contribution in [-0.4, -0.2) is 17.3 Å². The summed E-state index contributed by atoms with van der Waals surface area (Å²) in [5, 5.41) is 0. The summed E-state index contributed by atoms with van der Waals surface area (Å²) in [5.74, 6) is 0.736. The summed E-state index contributed by atoms with van der Waals surface area (Å²) in [5.41, 5.74) is 5.93. The van der Waals surface area contributed by atoms with Gasteiger partial charge in [0.1, 0.15) is 0 Å². The minimum absolute atomic E-state index is 0.736. The average Bonchev–Trinajstić information content (AvgIpc) is 2.60. The Morgan fingerprint density at radius 2 is 1.24 bits per heavy atom. The van der Waals surface area contributed by atoms with E-state index in [2.05, 4.69) is 53.4 Å². The fourth-order valence-corrected chi connectivity index (χ4v) is 3.28. The lowest BCUT2D eigenvalue weighted by molar-refractivity contribution is 0.257. The normalized spacial score (nSPS) is 15.5. The number of alkyl halides is 1. The van der Waals surface area contributed by atoms with E-state index in [9.17, 15) is 0 Å². The number of halogens is 1. The molecular weight excluding hydrogens is 278 g/mol. The molecule has 0 aliphatic carbocycles.